The van der Waals surface area contributed by atoms with Crippen molar-refractivity contribution in [1.82, 2.24) is 4.90 Å². The number of carbonyl (C=O) groups excluding carboxylic acids is 2. The summed E-state index contributed by atoms with van der Waals surface area (Å²) < 4.78 is 13.1. The second-order valence-electron chi connectivity index (χ2n) is 8.80. The molecule has 0 spiro atoms. The van der Waals surface area contributed by atoms with E-state index in [1.807, 2.05) is 12.1 Å². The standard InChI is InChI=1S/C24H24ClFN2O2S/c1-14-12-24(2,3)27(4)20-11-19(25)16(9-18(14)20)10-21-22(29)28(23(30)31-21)13-15-5-7-17(26)8-6-15/h5-11,14H,12-13H2,1-4H3/b21-10-. The monoisotopic (exact) mass is 458 g/mol. The highest BCUT2D eigenvalue weighted by Crippen LogP contribution is 2.45. The average molecular weight is 459 g/mol. The van der Waals surface area contributed by atoms with Crippen LogP contribution in [0.4, 0.5) is 14.9 Å². The van der Waals surface area contributed by atoms with Gasteiger partial charge < -0.3 is 4.90 Å². The maximum Gasteiger partial charge on any atom is 0.293 e. The zero-order valence-corrected chi connectivity index (χ0v) is 19.5. The molecule has 31 heavy (non-hydrogen) atoms. The second kappa shape index (κ2) is 7.99. The van der Waals surface area contributed by atoms with Crippen LogP contribution in [-0.4, -0.2) is 28.6 Å². The number of thioether (sulfide) groups is 1. The van der Waals surface area contributed by atoms with Gasteiger partial charge in [0.2, 0.25) is 0 Å². The third kappa shape index (κ3) is 4.11. The molecule has 1 unspecified atom stereocenters. The summed E-state index contributed by atoms with van der Waals surface area (Å²) in [5, 5.41) is 0.199. The first kappa shape index (κ1) is 21.9. The molecule has 0 N–H and O–H groups in total. The summed E-state index contributed by atoms with van der Waals surface area (Å²) in [6.07, 6.45) is 2.70. The van der Waals surface area contributed by atoms with Gasteiger partial charge in [-0.15, -0.1) is 0 Å². The van der Waals surface area contributed by atoms with Crippen molar-refractivity contribution in [1.29, 1.82) is 0 Å². The van der Waals surface area contributed by atoms with Gasteiger partial charge in [0.1, 0.15) is 5.82 Å². The highest BCUT2D eigenvalue weighted by atomic mass is 35.5. The van der Waals surface area contributed by atoms with E-state index in [2.05, 4.69) is 32.7 Å². The van der Waals surface area contributed by atoms with Crippen molar-refractivity contribution in [2.24, 2.45) is 0 Å². The SMILES string of the molecule is CC1CC(C)(C)N(C)c2cc(Cl)c(/C=C3\SC(=O)N(Cc4ccc(F)cc4)C3=O)cc21. The lowest BCUT2D eigenvalue weighted by atomic mass is 9.80. The molecule has 2 aromatic rings. The highest BCUT2D eigenvalue weighted by molar-refractivity contribution is 8.18. The second-order valence-corrected chi connectivity index (χ2v) is 10.2. The van der Waals surface area contributed by atoms with Crippen molar-refractivity contribution < 1.29 is 14.0 Å². The van der Waals surface area contributed by atoms with Gasteiger partial charge in [-0.25, -0.2) is 4.39 Å². The Hall–Kier alpha value is -2.31. The molecule has 4 nitrogen and oxygen atoms in total. The van der Waals surface area contributed by atoms with E-state index < -0.39 is 0 Å². The fourth-order valence-electron chi connectivity index (χ4n) is 4.27. The number of nitrogens with zero attached hydrogens (tertiary/aromatic N) is 2. The van der Waals surface area contributed by atoms with Crippen molar-refractivity contribution in [3.05, 3.63) is 68.8 Å². The summed E-state index contributed by atoms with van der Waals surface area (Å²) in [5.41, 5.74) is 3.72. The van der Waals surface area contributed by atoms with Gasteiger partial charge in [0, 0.05) is 23.3 Å². The normalized spacial score (nSPS) is 21.7. The number of carbonyl (C=O) groups is 2. The predicted molar refractivity (Wildman–Crippen MR) is 125 cm³/mol. The molecule has 7 heteroatoms. The number of imide groups is 1. The van der Waals surface area contributed by atoms with Crippen LogP contribution >= 0.6 is 23.4 Å². The Kier molecular flexibility index (Phi) is 5.64. The van der Waals surface area contributed by atoms with E-state index in [9.17, 15) is 14.0 Å². The molecular weight excluding hydrogens is 435 g/mol. The minimum absolute atomic E-state index is 0.0280. The first-order valence-corrected chi connectivity index (χ1v) is 11.3. The maximum atomic E-state index is 13.1. The van der Waals surface area contributed by atoms with Gasteiger partial charge in [0.15, 0.2) is 0 Å². The molecule has 0 aromatic heterocycles. The van der Waals surface area contributed by atoms with Gasteiger partial charge in [-0.05, 0) is 85.0 Å². The topological polar surface area (TPSA) is 40.6 Å². The van der Waals surface area contributed by atoms with Crippen LogP contribution in [0.15, 0.2) is 41.3 Å². The van der Waals surface area contributed by atoms with Crippen LogP contribution in [0.2, 0.25) is 5.02 Å². The van der Waals surface area contributed by atoms with Gasteiger partial charge in [0.05, 0.1) is 11.4 Å². The summed E-state index contributed by atoms with van der Waals surface area (Å²) >= 11 is 7.49. The zero-order valence-electron chi connectivity index (χ0n) is 17.9. The summed E-state index contributed by atoms with van der Waals surface area (Å²) in [4.78, 5) is 29.1. The Balaban J connectivity index is 1.63. The molecule has 0 saturated carbocycles. The minimum Gasteiger partial charge on any atom is -0.369 e. The van der Waals surface area contributed by atoms with Gasteiger partial charge in [0.25, 0.3) is 11.1 Å². The molecule has 1 saturated heterocycles. The van der Waals surface area contributed by atoms with Crippen molar-refractivity contribution in [3.8, 4) is 0 Å². The lowest BCUT2D eigenvalue weighted by molar-refractivity contribution is -0.123. The van der Waals surface area contributed by atoms with Crippen molar-refractivity contribution in [2.75, 3.05) is 11.9 Å². The molecule has 2 aliphatic heterocycles. The van der Waals surface area contributed by atoms with E-state index in [-0.39, 0.29) is 29.0 Å². The molecule has 4 rings (SSSR count). The fourth-order valence-corrected chi connectivity index (χ4v) is 5.31. The lowest BCUT2D eigenvalue weighted by Gasteiger charge is -2.45. The van der Waals surface area contributed by atoms with Crippen molar-refractivity contribution in [2.45, 2.75) is 45.2 Å². The zero-order chi connectivity index (χ0) is 22.5. The van der Waals surface area contributed by atoms with Gasteiger partial charge in [-0.1, -0.05) is 30.7 Å². The summed E-state index contributed by atoms with van der Waals surface area (Å²) in [6.45, 7) is 6.73. The number of benzene rings is 2. The number of rotatable bonds is 3. The first-order chi connectivity index (χ1) is 14.6. The Morgan fingerprint density at radius 1 is 1.23 bits per heavy atom. The van der Waals surface area contributed by atoms with Gasteiger partial charge in [-0.2, -0.15) is 0 Å². The molecule has 0 radical (unpaired) electrons. The number of hydrogen-bond donors (Lipinski definition) is 0. The first-order valence-electron chi connectivity index (χ1n) is 10.1. The van der Waals surface area contributed by atoms with Crippen LogP contribution in [0.25, 0.3) is 6.08 Å². The quantitative estimate of drug-likeness (QED) is 0.496. The van der Waals surface area contributed by atoms with Gasteiger partial charge in [-0.3, -0.25) is 14.5 Å². The van der Waals surface area contributed by atoms with Crippen LogP contribution in [0.5, 0.6) is 0 Å². The average Bonchev–Trinajstić information content (AvgIpc) is 2.96. The molecule has 1 fully saturated rings. The fraction of sp³-hybridized carbons (Fsp3) is 0.333. The largest absolute Gasteiger partial charge is 0.369 e. The van der Waals surface area contributed by atoms with E-state index in [0.717, 1.165) is 29.4 Å². The van der Waals surface area contributed by atoms with E-state index in [0.29, 0.717) is 21.4 Å². The van der Waals surface area contributed by atoms with Crippen LogP contribution in [0, 0.1) is 5.82 Å². The Morgan fingerprint density at radius 3 is 2.58 bits per heavy atom. The summed E-state index contributed by atoms with van der Waals surface area (Å²) in [6, 6.07) is 9.75. The predicted octanol–water partition coefficient (Wildman–Crippen LogP) is 6.44. The van der Waals surface area contributed by atoms with Crippen LogP contribution in [0.1, 0.15) is 49.8 Å². The number of fused-ring (bicyclic) bond motifs is 1. The van der Waals surface area contributed by atoms with Crippen molar-refractivity contribution >= 4 is 46.3 Å². The molecule has 2 aliphatic rings. The third-order valence-electron chi connectivity index (χ3n) is 6.17. The van der Waals surface area contributed by atoms with E-state index in [4.69, 9.17) is 11.6 Å². The Bertz CT molecular complexity index is 1100. The Morgan fingerprint density at radius 2 is 1.90 bits per heavy atom. The summed E-state index contributed by atoms with van der Waals surface area (Å²) in [5.74, 6) is -0.373. The van der Waals surface area contributed by atoms with Crippen molar-refractivity contribution in [3.63, 3.8) is 0 Å². The smallest absolute Gasteiger partial charge is 0.293 e. The minimum atomic E-state index is -0.362. The number of hydrogen-bond acceptors (Lipinski definition) is 4. The van der Waals surface area contributed by atoms with E-state index in [1.165, 1.54) is 22.6 Å². The van der Waals surface area contributed by atoms with Crippen LogP contribution in [0.3, 0.4) is 0 Å². The molecule has 162 valence electrons. The number of anilines is 1. The number of amides is 2. The van der Waals surface area contributed by atoms with Gasteiger partial charge >= 0.3 is 0 Å². The molecule has 0 aliphatic carbocycles. The molecule has 2 amide bonds. The Labute approximate surface area is 191 Å². The molecule has 2 heterocycles. The highest BCUT2D eigenvalue weighted by Gasteiger charge is 2.37. The van der Waals surface area contributed by atoms with Crippen LogP contribution in [-0.2, 0) is 11.3 Å². The maximum absolute atomic E-state index is 13.1. The van der Waals surface area contributed by atoms with Crippen LogP contribution < -0.4 is 4.90 Å². The van der Waals surface area contributed by atoms with E-state index >= 15 is 0 Å². The molecule has 2 aromatic carbocycles. The molecule has 1 atom stereocenters. The summed E-state index contributed by atoms with van der Waals surface area (Å²) in [7, 11) is 2.07. The lowest BCUT2D eigenvalue weighted by Crippen LogP contribution is -2.45. The third-order valence-corrected chi connectivity index (χ3v) is 7.40. The number of halogens is 2. The molecule has 0 bridgehead atoms. The molecular formula is C24H24ClFN2O2S. The van der Waals surface area contributed by atoms with E-state index in [1.54, 1.807) is 18.2 Å².